The SMILES string of the molecule is Cc1ccc2sc3cc4cc5c(Br)ccc(Br)c5cc4cc3c(=O)c2c1.Cc1ccc2sc3cc4cc5c(C)ccc(C)c5cc4cc3c(=O)c2c1.Cc1ccc2sc3cc4cc5c(C)ccc(C)c5cc4cc3c(=O)c2c1.Cc1ccc2sc3cc4cc5c(Cl)ccc(Cl)c5cc4cc3c(=O)c2c1. The lowest BCUT2D eigenvalue weighted by atomic mass is 9.96. The molecule has 0 bridgehead atoms. The van der Waals surface area contributed by atoms with Crippen LogP contribution < -0.4 is 21.7 Å². The van der Waals surface area contributed by atoms with Crippen molar-refractivity contribution in [1.82, 2.24) is 0 Å². The Labute approximate surface area is 639 Å². The van der Waals surface area contributed by atoms with E-state index in [1.165, 1.54) is 54.6 Å². The molecule has 0 aliphatic heterocycles. The van der Waals surface area contributed by atoms with Crippen molar-refractivity contribution >= 4 is 267 Å². The maximum atomic E-state index is 13.1. The number of hydrogen-bond acceptors (Lipinski definition) is 8. The predicted molar refractivity (Wildman–Crippen MR) is 466 cm³/mol. The molecule has 0 spiro atoms. The van der Waals surface area contributed by atoms with Crippen molar-refractivity contribution in [3.63, 3.8) is 0 Å². The smallest absolute Gasteiger partial charge is 0.195 e. The van der Waals surface area contributed by atoms with Crippen LogP contribution in [0.4, 0.5) is 0 Å². The fraction of sp³-hybridized carbons (Fsp3) is 0.0870. The van der Waals surface area contributed by atoms with E-state index in [4.69, 9.17) is 23.2 Å². The lowest BCUT2D eigenvalue weighted by molar-refractivity contribution is 1.47. The van der Waals surface area contributed by atoms with Crippen molar-refractivity contribution in [2.75, 3.05) is 0 Å². The minimum absolute atomic E-state index is 0.0802. The van der Waals surface area contributed by atoms with Crippen molar-refractivity contribution in [3.05, 3.63) is 323 Å². The molecule has 20 rings (SSSR count). The molecule has 12 heteroatoms. The third kappa shape index (κ3) is 12.0. The second-order valence-corrected chi connectivity index (χ2v) is 34.4. The van der Waals surface area contributed by atoms with Crippen LogP contribution in [0.3, 0.4) is 0 Å². The van der Waals surface area contributed by atoms with Gasteiger partial charge in [0.1, 0.15) is 0 Å². The summed E-state index contributed by atoms with van der Waals surface area (Å²) in [5, 5.41) is 26.0. The van der Waals surface area contributed by atoms with Gasteiger partial charge in [0, 0.05) is 110 Å². The highest BCUT2D eigenvalue weighted by Crippen LogP contribution is 2.41. The molecule has 0 unspecified atom stereocenters. The van der Waals surface area contributed by atoms with Gasteiger partial charge in [-0.15, -0.1) is 45.3 Å². The average Bonchev–Trinajstić information content (AvgIpc) is 0.762. The van der Waals surface area contributed by atoms with Crippen LogP contribution in [0.5, 0.6) is 0 Å². The second-order valence-electron chi connectivity index (χ2n) is 27.6. The Bertz CT molecular complexity index is 6610. The fourth-order valence-electron chi connectivity index (χ4n) is 14.7. The lowest BCUT2D eigenvalue weighted by Gasteiger charge is -2.09. The molecule has 0 amide bonds. The Morgan fingerprint density at radius 3 is 0.663 bits per heavy atom. The van der Waals surface area contributed by atoms with E-state index in [1.54, 1.807) is 51.4 Å². The van der Waals surface area contributed by atoms with Crippen molar-refractivity contribution in [2.24, 2.45) is 0 Å². The van der Waals surface area contributed by atoms with Crippen LogP contribution in [0.1, 0.15) is 44.5 Å². The number of hydrogen-bond donors (Lipinski definition) is 0. The summed E-state index contributed by atoms with van der Waals surface area (Å²) < 4.78 is 10.4. The van der Waals surface area contributed by atoms with E-state index in [-0.39, 0.29) is 21.7 Å². The van der Waals surface area contributed by atoms with Crippen LogP contribution >= 0.6 is 100 Å². The average molecular weight is 1590 g/mol. The minimum Gasteiger partial charge on any atom is -0.289 e. The van der Waals surface area contributed by atoms with E-state index in [0.717, 1.165) is 166 Å². The van der Waals surface area contributed by atoms with E-state index in [0.29, 0.717) is 10.0 Å². The highest BCUT2D eigenvalue weighted by molar-refractivity contribution is 9.11. The normalized spacial score (nSPS) is 11.8. The Kier molecular flexibility index (Phi) is 17.2. The Balaban J connectivity index is 0.000000103. The topological polar surface area (TPSA) is 68.3 Å². The first-order valence-corrected chi connectivity index (χ1v) is 39.6. The number of fused-ring (bicyclic) bond motifs is 16. The first-order valence-electron chi connectivity index (χ1n) is 34.0. The van der Waals surface area contributed by atoms with Crippen LogP contribution in [0.2, 0.25) is 10.0 Å². The van der Waals surface area contributed by atoms with E-state index in [9.17, 15) is 19.2 Å². The van der Waals surface area contributed by atoms with E-state index >= 15 is 0 Å². The fourth-order valence-corrected chi connectivity index (χ4v) is 20.4. The number of halogens is 4. The lowest BCUT2D eigenvalue weighted by Crippen LogP contribution is -2.01. The van der Waals surface area contributed by atoms with Gasteiger partial charge in [-0.2, -0.15) is 0 Å². The maximum Gasteiger partial charge on any atom is 0.195 e. The van der Waals surface area contributed by atoms with Crippen LogP contribution in [0.15, 0.2) is 247 Å². The second kappa shape index (κ2) is 26.4. The molecule has 0 saturated carbocycles. The van der Waals surface area contributed by atoms with Gasteiger partial charge in [-0.25, -0.2) is 0 Å². The zero-order valence-corrected chi connectivity index (χ0v) is 65.5. The molecular weight excluding hydrogens is 1530 g/mol. The van der Waals surface area contributed by atoms with Crippen LogP contribution in [-0.4, -0.2) is 0 Å². The molecule has 0 fully saturated rings. The Morgan fingerprint density at radius 2 is 0.413 bits per heavy atom. The molecule has 0 atom stereocenters. The van der Waals surface area contributed by atoms with Gasteiger partial charge >= 0.3 is 0 Å². The highest BCUT2D eigenvalue weighted by Gasteiger charge is 2.17. The van der Waals surface area contributed by atoms with Gasteiger partial charge in [0.2, 0.25) is 0 Å². The molecule has 0 radical (unpaired) electrons. The van der Waals surface area contributed by atoms with Crippen molar-refractivity contribution < 1.29 is 0 Å². The third-order valence-corrected chi connectivity index (χ3v) is 26.9. The molecule has 4 aromatic heterocycles. The van der Waals surface area contributed by atoms with Crippen LogP contribution in [0, 0.1) is 55.4 Å². The van der Waals surface area contributed by atoms with Gasteiger partial charge in [0.05, 0.1) is 0 Å². The van der Waals surface area contributed by atoms with E-state index < -0.39 is 0 Å². The molecule has 504 valence electrons. The number of aryl methyl sites for hydroxylation is 8. The van der Waals surface area contributed by atoms with Crippen LogP contribution in [-0.2, 0) is 0 Å². The summed E-state index contributed by atoms with van der Waals surface area (Å²) in [6.45, 7) is 16.7. The first-order chi connectivity index (χ1) is 50.0. The summed E-state index contributed by atoms with van der Waals surface area (Å²) in [5.41, 5.74) is 10.0. The largest absolute Gasteiger partial charge is 0.289 e. The molecule has 0 saturated heterocycles. The van der Waals surface area contributed by atoms with Gasteiger partial charge in [-0.05, 0) is 323 Å². The molecule has 0 aliphatic carbocycles. The van der Waals surface area contributed by atoms with Gasteiger partial charge in [0.15, 0.2) is 21.7 Å². The third-order valence-electron chi connectivity index (χ3n) is 20.3. The molecule has 4 heterocycles. The minimum atomic E-state index is 0.0802. The predicted octanol–water partition coefficient (Wildman–Crippen LogP) is 28.2. The van der Waals surface area contributed by atoms with Crippen molar-refractivity contribution in [2.45, 2.75) is 55.4 Å². The van der Waals surface area contributed by atoms with Gasteiger partial charge in [0.25, 0.3) is 0 Å². The maximum absolute atomic E-state index is 13.1. The van der Waals surface area contributed by atoms with Gasteiger partial charge in [-0.1, -0.05) is 126 Å². The summed E-state index contributed by atoms with van der Waals surface area (Å²) in [6.07, 6.45) is 0. The molecule has 20 aromatic rings. The van der Waals surface area contributed by atoms with E-state index in [1.807, 2.05) is 100 Å². The summed E-state index contributed by atoms with van der Waals surface area (Å²) >= 11 is 26.7. The number of benzene rings is 16. The summed E-state index contributed by atoms with van der Waals surface area (Å²) in [4.78, 5) is 52.2. The van der Waals surface area contributed by atoms with Gasteiger partial charge < -0.3 is 0 Å². The van der Waals surface area contributed by atoms with Crippen LogP contribution in [0.25, 0.3) is 167 Å². The van der Waals surface area contributed by atoms with Gasteiger partial charge in [-0.3, -0.25) is 19.2 Å². The summed E-state index contributed by atoms with van der Waals surface area (Å²) in [5.74, 6) is 0. The molecule has 104 heavy (non-hydrogen) atoms. The van der Waals surface area contributed by atoms with E-state index in [2.05, 4.69) is 199 Å². The zero-order chi connectivity index (χ0) is 72.0. The number of rotatable bonds is 0. The van der Waals surface area contributed by atoms with Crippen molar-refractivity contribution in [1.29, 1.82) is 0 Å². The first kappa shape index (κ1) is 67.8. The quantitative estimate of drug-likeness (QED) is 0.142. The highest BCUT2D eigenvalue weighted by atomic mass is 79.9. The summed E-state index contributed by atoms with van der Waals surface area (Å²) in [6, 6.07) is 75.0. The molecule has 4 nitrogen and oxygen atoms in total. The Morgan fingerprint density at radius 1 is 0.212 bits per heavy atom. The Hall–Kier alpha value is -9.30. The summed E-state index contributed by atoms with van der Waals surface area (Å²) in [7, 11) is 0. The standard InChI is InChI=1S/2C24H18OS.C22H12Br2OS.C22H12Cl2OS/c2*1-13-4-7-22-20(8-13)24(25)21-11-16-9-18-14(2)5-6-15(3)19(18)10-17(16)12-23(21)26-22;2*1-11-2-5-20-16(6-11)22(25)17-9-12-7-14-15(19(24)4-3-18(14)23)8-13(12)10-21(17)26-20/h2*4-12H,1-3H3;2*2-10H,1H3. The monoisotopic (exact) mass is 1580 g/mol. The molecule has 0 N–H and O–H groups in total. The molecule has 16 aromatic carbocycles. The molecular formula is C92H60Br2Cl2O4S4. The molecule has 0 aliphatic rings. The zero-order valence-electron chi connectivity index (χ0n) is 57.6. The van der Waals surface area contributed by atoms with Crippen molar-refractivity contribution in [3.8, 4) is 0 Å².